The van der Waals surface area contributed by atoms with Crippen LogP contribution in [0.15, 0.2) is 22.8 Å². The van der Waals surface area contributed by atoms with Crippen LogP contribution in [0.5, 0.6) is 0 Å². The van der Waals surface area contributed by atoms with Gasteiger partial charge in [0.2, 0.25) is 0 Å². The standard InChI is InChI=1S/C12H14BrN3OS/c13-8-3-4-9(15-7-8)10(17)16-12(11(14)18)5-1-2-6-12/h3-4,7H,1-2,5-6H2,(H2,14,18)(H,16,17). The van der Waals surface area contributed by atoms with E-state index in [1.165, 1.54) is 0 Å². The number of carbonyl (C=O) groups is 1. The zero-order chi connectivity index (χ0) is 13.2. The molecular formula is C12H14BrN3OS. The Bertz CT molecular complexity index is 469. The summed E-state index contributed by atoms with van der Waals surface area (Å²) in [5.41, 5.74) is 5.62. The lowest BCUT2D eigenvalue weighted by Crippen LogP contribution is -2.54. The van der Waals surface area contributed by atoms with Gasteiger partial charge in [-0.05, 0) is 40.9 Å². The van der Waals surface area contributed by atoms with Gasteiger partial charge in [-0.25, -0.2) is 4.98 Å². The topological polar surface area (TPSA) is 68.0 Å². The van der Waals surface area contributed by atoms with Crippen LogP contribution in [0.4, 0.5) is 0 Å². The van der Waals surface area contributed by atoms with Gasteiger partial charge in [-0.1, -0.05) is 25.1 Å². The van der Waals surface area contributed by atoms with Gasteiger partial charge in [0.1, 0.15) is 5.69 Å². The Balaban J connectivity index is 2.15. The van der Waals surface area contributed by atoms with Gasteiger partial charge in [-0.15, -0.1) is 0 Å². The molecular weight excluding hydrogens is 314 g/mol. The predicted molar refractivity (Wildman–Crippen MR) is 77.4 cm³/mol. The van der Waals surface area contributed by atoms with Crippen molar-refractivity contribution < 1.29 is 4.79 Å². The Morgan fingerprint density at radius 1 is 1.44 bits per heavy atom. The van der Waals surface area contributed by atoms with E-state index in [1.807, 2.05) is 0 Å². The van der Waals surface area contributed by atoms with Gasteiger partial charge in [-0.3, -0.25) is 4.79 Å². The Hall–Kier alpha value is -1.01. The molecule has 4 nitrogen and oxygen atoms in total. The summed E-state index contributed by atoms with van der Waals surface area (Å²) in [6.07, 6.45) is 5.28. The normalized spacial score (nSPS) is 17.4. The largest absolute Gasteiger partial charge is 0.391 e. The Morgan fingerprint density at radius 2 is 2.11 bits per heavy atom. The summed E-state index contributed by atoms with van der Waals surface area (Å²) >= 11 is 8.37. The van der Waals surface area contributed by atoms with Gasteiger partial charge in [0.15, 0.2) is 0 Å². The first kappa shape index (κ1) is 13.4. The third-order valence-corrected chi connectivity index (χ3v) is 4.10. The smallest absolute Gasteiger partial charge is 0.270 e. The van der Waals surface area contributed by atoms with Crippen molar-refractivity contribution in [2.75, 3.05) is 0 Å². The molecule has 0 atom stereocenters. The minimum atomic E-state index is -0.527. The van der Waals surface area contributed by atoms with Crippen molar-refractivity contribution >= 4 is 39.0 Å². The van der Waals surface area contributed by atoms with Crippen molar-refractivity contribution in [3.05, 3.63) is 28.5 Å². The summed E-state index contributed by atoms with van der Waals surface area (Å²) < 4.78 is 0.837. The molecule has 1 amide bonds. The molecule has 0 spiro atoms. The molecule has 18 heavy (non-hydrogen) atoms. The second-order valence-electron chi connectivity index (χ2n) is 4.47. The zero-order valence-corrected chi connectivity index (χ0v) is 12.2. The van der Waals surface area contributed by atoms with E-state index in [2.05, 4.69) is 26.2 Å². The molecule has 1 aliphatic carbocycles. The van der Waals surface area contributed by atoms with E-state index in [0.717, 1.165) is 30.2 Å². The summed E-state index contributed by atoms with van der Waals surface area (Å²) in [5, 5.41) is 2.94. The van der Waals surface area contributed by atoms with Gasteiger partial charge in [0, 0.05) is 10.7 Å². The number of carbonyl (C=O) groups excluding carboxylic acids is 1. The minimum absolute atomic E-state index is 0.225. The van der Waals surface area contributed by atoms with Crippen LogP contribution in [0, 0.1) is 0 Å². The van der Waals surface area contributed by atoms with Gasteiger partial charge >= 0.3 is 0 Å². The molecule has 96 valence electrons. The lowest BCUT2D eigenvalue weighted by atomic mass is 9.97. The van der Waals surface area contributed by atoms with E-state index in [9.17, 15) is 4.79 Å². The van der Waals surface area contributed by atoms with Gasteiger partial charge in [0.05, 0.1) is 10.5 Å². The highest BCUT2D eigenvalue weighted by Crippen LogP contribution is 2.30. The fourth-order valence-corrected chi connectivity index (χ4v) is 2.69. The molecule has 2 rings (SSSR count). The van der Waals surface area contributed by atoms with Crippen LogP contribution in [0.25, 0.3) is 0 Å². The van der Waals surface area contributed by atoms with E-state index in [0.29, 0.717) is 10.7 Å². The number of nitrogens with zero attached hydrogens (tertiary/aromatic N) is 1. The lowest BCUT2D eigenvalue weighted by Gasteiger charge is -2.28. The van der Waals surface area contributed by atoms with Crippen LogP contribution in [0.1, 0.15) is 36.2 Å². The maximum absolute atomic E-state index is 12.1. The summed E-state index contributed by atoms with van der Waals surface area (Å²) in [6.45, 7) is 0. The number of rotatable bonds is 3. The number of thiocarbonyl (C=S) groups is 1. The second kappa shape index (κ2) is 5.32. The molecule has 1 aromatic rings. The Labute approximate surface area is 119 Å². The van der Waals surface area contributed by atoms with Crippen LogP contribution in [-0.4, -0.2) is 21.4 Å². The highest BCUT2D eigenvalue weighted by molar-refractivity contribution is 9.10. The number of nitrogens with one attached hydrogen (secondary N) is 1. The number of hydrogen-bond donors (Lipinski definition) is 2. The number of amides is 1. The fraction of sp³-hybridized carbons (Fsp3) is 0.417. The van der Waals surface area contributed by atoms with Gasteiger partial charge in [0.25, 0.3) is 5.91 Å². The highest BCUT2D eigenvalue weighted by atomic mass is 79.9. The number of pyridine rings is 1. The Kier molecular flexibility index (Phi) is 3.97. The predicted octanol–water partition coefficient (Wildman–Crippen LogP) is 2.17. The maximum atomic E-state index is 12.1. The molecule has 3 N–H and O–H groups in total. The summed E-state index contributed by atoms with van der Waals surface area (Å²) in [4.78, 5) is 16.6. The molecule has 0 saturated heterocycles. The van der Waals surface area contributed by atoms with Crippen molar-refractivity contribution in [1.82, 2.24) is 10.3 Å². The van der Waals surface area contributed by atoms with Crippen LogP contribution >= 0.6 is 28.1 Å². The van der Waals surface area contributed by atoms with Crippen molar-refractivity contribution in [1.29, 1.82) is 0 Å². The van der Waals surface area contributed by atoms with E-state index in [-0.39, 0.29) is 5.91 Å². The molecule has 0 radical (unpaired) electrons. The number of nitrogens with two attached hydrogens (primary N) is 1. The molecule has 1 aliphatic rings. The van der Waals surface area contributed by atoms with Crippen LogP contribution in [0.3, 0.4) is 0 Å². The van der Waals surface area contributed by atoms with Gasteiger partial charge < -0.3 is 11.1 Å². The molecule has 0 bridgehead atoms. The van der Waals surface area contributed by atoms with Crippen molar-refractivity contribution in [3.8, 4) is 0 Å². The molecule has 0 unspecified atom stereocenters. The molecule has 1 fully saturated rings. The van der Waals surface area contributed by atoms with Crippen LogP contribution < -0.4 is 11.1 Å². The number of halogens is 1. The third-order valence-electron chi connectivity index (χ3n) is 3.24. The average molecular weight is 328 g/mol. The monoisotopic (exact) mass is 327 g/mol. The number of hydrogen-bond acceptors (Lipinski definition) is 3. The molecule has 1 aromatic heterocycles. The van der Waals surface area contributed by atoms with E-state index in [4.69, 9.17) is 18.0 Å². The van der Waals surface area contributed by atoms with Crippen LogP contribution in [-0.2, 0) is 0 Å². The van der Waals surface area contributed by atoms with E-state index < -0.39 is 5.54 Å². The van der Waals surface area contributed by atoms with E-state index in [1.54, 1.807) is 18.3 Å². The van der Waals surface area contributed by atoms with Crippen LogP contribution in [0.2, 0.25) is 0 Å². The number of aromatic nitrogens is 1. The quantitative estimate of drug-likeness (QED) is 0.835. The first-order valence-electron chi connectivity index (χ1n) is 5.77. The van der Waals surface area contributed by atoms with Crippen molar-refractivity contribution in [2.24, 2.45) is 5.73 Å². The highest BCUT2D eigenvalue weighted by Gasteiger charge is 2.38. The lowest BCUT2D eigenvalue weighted by molar-refractivity contribution is 0.0919. The maximum Gasteiger partial charge on any atom is 0.270 e. The molecule has 1 saturated carbocycles. The van der Waals surface area contributed by atoms with E-state index >= 15 is 0 Å². The zero-order valence-electron chi connectivity index (χ0n) is 9.78. The second-order valence-corrected chi connectivity index (χ2v) is 5.82. The summed E-state index contributed by atoms with van der Waals surface area (Å²) in [6, 6.07) is 3.45. The molecule has 0 aliphatic heterocycles. The SMILES string of the molecule is NC(=S)C1(NC(=O)c2ccc(Br)cn2)CCCC1. The first-order chi connectivity index (χ1) is 8.53. The fourth-order valence-electron chi connectivity index (χ4n) is 2.20. The molecule has 0 aromatic carbocycles. The minimum Gasteiger partial charge on any atom is -0.391 e. The van der Waals surface area contributed by atoms with Crippen molar-refractivity contribution in [3.63, 3.8) is 0 Å². The first-order valence-corrected chi connectivity index (χ1v) is 6.98. The summed E-state index contributed by atoms with van der Waals surface area (Å²) in [7, 11) is 0. The average Bonchev–Trinajstić information content (AvgIpc) is 2.79. The third kappa shape index (κ3) is 2.70. The Morgan fingerprint density at radius 3 is 2.61 bits per heavy atom. The van der Waals surface area contributed by atoms with Crippen molar-refractivity contribution in [2.45, 2.75) is 31.2 Å². The summed E-state index contributed by atoms with van der Waals surface area (Å²) in [5.74, 6) is -0.225. The molecule has 6 heteroatoms. The molecule has 1 heterocycles. The van der Waals surface area contributed by atoms with Gasteiger partial charge in [-0.2, -0.15) is 0 Å².